The van der Waals surface area contributed by atoms with Crippen molar-refractivity contribution in [2.45, 2.75) is 32.3 Å². The lowest BCUT2D eigenvalue weighted by Crippen LogP contribution is -2.36. The number of nitrogens with one attached hydrogen (secondary N) is 1. The van der Waals surface area contributed by atoms with Crippen LogP contribution in [-0.2, 0) is 9.59 Å². The fourth-order valence-electron chi connectivity index (χ4n) is 2.53. The summed E-state index contributed by atoms with van der Waals surface area (Å²) >= 11 is 1.50. The number of carbonyl (C=O) groups is 2. The number of nitrogens with zero attached hydrogens (tertiary/aromatic N) is 1. The lowest BCUT2D eigenvalue weighted by molar-refractivity contribution is -0.129. The van der Waals surface area contributed by atoms with Gasteiger partial charge in [-0.3, -0.25) is 4.79 Å². The number of hydrogen-bond donors (Lipinski definition) is 1. The van der Waals surface area contributed by atoms with Gasteiger partial charge in [0.15, 0.2) is 6.10 Å². The molecule has 2 heterocycles. The van der Waals surface area contributed by atoms with Crippen molar-refractivity contribution in [2.24, 2.45) is 0 Å². The highest BCUT2D eigenvalue weighted by molar-refractivity contribution is 7.12. The molecule has 1 aliphatic rings. The molecule has 1 N–H and O–H groups in total. The molecule has 0 bridgehead atoms. The van der Waals surface area contributed by atoms with Crippen molar-refractivity contribution < 1.29 is 19.1 Å². The lowest BCUT2D eigenvalue weighted by Gasteiger charge is -2.15. The molecule has 1 aromatic carbocycles. The summed E-state index contributed by atoms with van der Waals surface area (Å²) in [5.41, 5.74) is 0. The number of benzene rings is 1. The fraction of sp³-hybridized carbons (Fsp3) is 0.316. The highest BCUT2D eigenvalue weighted by Crippen LogP contribution is 2.21. The molecule has 1 saturated heterocycles. The summed E-state index contributed by atoms with van der Waals surface area (Å²) in [4.78, 5) is 28.8. The standard InChI is InChI=1S/C19H20N2O4S/c1-13-21-12-16(26-13)9-10-18(22)25-15-7-5-14(6-8-15)24-17-4-2-3-11-20-19(17)23/h5-10,12,17H,2-4,11H2,1H3,(H,20,23). The van der Waals surface area contributed by atoms with Crippen LogP contribution in [0.1, 0.15) is 29.1 Å². The van der Waals surface area contributed by atoms with Crippen molar-refractivity contribution in [3.05, 3.63) is 46.4 Å². The van der Waals surface area contributed by atoms with Gasteiger partial charge in [0, 0.05) is 23.7 Å². The first kappa shape index (κ1) is 18.1. The van der Waals surface area contributed by atoms with Crippen LogP contribution in [0, 0.1) is 6.92 Å². The predicted octanol–water partition coefficient (Wildman–Crippen LogP) is 3.12. The van der Waals surface area contributed by atoms with E-state index in [9.17, 15) is 9.59 Å². The van der Waals surface area contributed by atoms with E-state index in [0.717, 1.165) is 22.7 Å². The van der Waals surface area contributed by atoms with Crippen LogP contribution in [0.4, 0.5) is 0 Å². The van der Waals surface area contributed by atoms with Gasteiger partial charge in [0.2, 0.25) is 0 Å². The van der Waals surface area contributed by atoms with Crippen LogP contribution in [-0.4, -0.2) is 29.5 Å². The highest BCUT2D eigenvalue weighted by atomic mass is 32.1. The van der Waals surface area contributed by atoms with E-state index in [4.69, 9.17) is 9.47 Å². The number of esters is 1. The van der Waals surface area contributed by atoms with Crippen LogP contribution in [0.5, 0.6) is 11.5 Å². The molecule has 3 rings (SSSR count). The SMILES string of the molecule is Cc1ncc(C=CC(=O)Oc2ccc(OC3CCCCNC3=O)cc2)s1. The first-order chi connectivity index (χ1) is 12.6. The molecular weight excluding hydrogens is 352 g/mol. The molecule has 0 saturated carbocycles. The van der Waals surface area contributed by atoms with Crippen LogP contribution in [0.3, 0.4) is 0 Å². The summed E-state index contributed by atoms with van der Waals surface area (Å²) in [6, 6.07) is 6.67. The Bertz CT molecular complexity index is 798. The maximum absolute atomic E-state index is 11.9. The second kappa shape index (κ2) is 8.62. The van der Waals surface area contributed by atoms with E-state index in [1.807, 2.05) is 6.92 Å². The second-order valence-corrected chi connectivity index (χ2v) is 7.17. The van der Waals surface area contributed by atoms with Crippen molar-refractivity contribution in [3.63, 3.8) is 0 Å². The minimum absolute atomic E-state index is 0.0820. The molecule has 1 aliphatic heterocycles. The maximum atomic E-state index is 11.9. The summed E-state index contributed by atoms with van der Waals surface area (Å²) in [5, 5.41) is 3.78. The Labute approximate surface area is 155 Å². The summed E-state index contributed by atoms with van der Waals surface area (Å²) in [5.74, 6) is 0.439. The topological polar surface area (TPSA) is 77.5 Å². The Hall–Kier alpha value is -2.67. The van der Waals surface area contributed by atoms with Gasteiger partial charge in [0.1, 0.15) is 11.5 Å². The number of aromatic nitrogens is 1. The van der Waals surface area contributed by atoms with Gasteiger partial charge in [-0.2, -0.15) is 0 Å². The molecule has 26 heavy (non-hydrogen) atoms. The number of ether oxygens (including phenoxy) is 2. The molecule has 1 amide bonds. The van der Waals surface area contributed by atoms with E-state index < -0.39 is 12.1 Å². The molecule has 1 fully saturated rings. The first-order valence-electron chi connectivity index (χ1n) is 8.47. The lowest BCUT2D eigenvalue weighted by atomic mass is 10.2. The zero-order valence-electron chi connectivity index (χ0n) is 14.4. The van der Waals surface area contributed by atoms with Gasteiger partial charge >= 0.3 is 5.97 Å². The van der Waals surface area contributed by atoms with Gasteiger partial charge < -0.3 is 14.8 Å². The molecule has 6 nitrogen and oxygen atoms in total. The average molecular weight is 372 g/mol. The molecule has 1 unspecified atom stereocenters. The smallest absolute Gasteiger partial charge is 0.336 e. The Morgan fingerprint density at radius 1 is 1.27 bits per heavy atom. The summed E-state index contributed by atoms with van der Waals surface area (Å²) in [7, 11) is 0. The van der Waals surface area contributed by atoms with Gasteiger partial charge in [0.05, 0.1) is 5.01 Å². The van der Waals surface area contributed by atoms with E-state index in [1.165, 1.54) is 17.4 Å². The van der Waals surface area contributed by atoms with Crippen molar-refractivity contribution in [3.8, 4) is 11.5 Å². The predicted molar refractivity (Wildman–Crippen MR) is 99.2 cm³/mol. The van der Waals surface area contributed by atoms with E-state index in [2.05, 4.69) is 10.3 Å². The Kier molecular flexibility index (Phi) is 6.01. The minimum Gasteiger partial charge on any atom is -0.481 e. The van der Waals surface area contributed by atoms with E-state index >= 15 is 0 Å². The molecule has 0 aliphatic carbocycles. The molecule has 2 aromatic rings. The molecular formula is C19H20N2O4S. The third-order valence-electron chi connectivity index (χ3n) is 3.83. The summed E-state index contributed by atoms with van der Waals surface area (Å²) < 4.78 is 11.0. The van der Waals surface area contributed by atoms with Crippen molar-refractivity contribution >= 4 is 29.3 Å². The minimum atomic E-state index is -0.475. The number of rotatable bonds is 5. The monoisotopic (exact) mass is 372 g/mol. The van der Waals surface area contributed by atoms with Crippen LogP contribution in [0.2, 0.25) is 0 Å². The third-order valence-corrected chi connectivity index (χ3v) is 4.71. The third kappa shape index (κ3) is 5.16. The molecule has 1 atom stereocenters. The van der Waals surface area contributed by atoms with Gasteiger partial charge in [-0.1, -0.05) is 0 Å². The van der Waals surface area contributed by atoms with Gasteiger partial charge in [-0.25, -0.2) is 9.78 Å². The van der Waals surface area contributed by atoms with Crippen LogP contribution in [0.25, 0.3) is 6.08 Å². The quantitative estimate of drug-likeness (QED) is 0.496. The van der Waals surface area contributed by atoms with Crippen molar-refractivity contribution in [1.29, 1.82) is 0 Å². The van der Waals surface area contributed by atoms with E-state index in [1.54, 1.807) is 36.5 Å². The Morgan fingerprint density at radius 2 is 2.04 bits per heavy atom. The molecule has 0 radical (unpaired) electrons. The number of aryl methyl sites for hydroxylation is 1. The van der Waals surface area contributed by atoms with E-state index in [0.29, 0.717) is 24.5 Å². The normalized spacial score (nSPS) is 17.6. The number of hydrogen-bond acceptors (Lipinski definition) is 6. The number of amides is 1. The summed E-state index contributed by atoms with van der Waals surface area (Å²) in [6.07, 6.45) is 6.89. The van der Waals surface area contributed by atoms with E-state index in [-0.39, 0.29) is 5.91 Å². The van der Waals surface area contributed by atoms with Gasteiger partial charge in [-0.15, -0.1) is 11.3 Å². The van der Waals surface area contributed by atoms with Crippen LogP contribution >= 0.6 is 11.3 Å². The Morgan fingerprint density at radius 3 is 2.77 bits per heavy atom. The second-order valence-electron chi connectivity index (χ2n) is 5.90. The van der Waals surface area contributed by atoms with Crippen molar-refractivity contribution in [2.75, 3.05) is 6.54 Å². The highest BCUT2D eigenvalue weighted by Gasteiger charge is 2.22. The van der Waals surface area contributed by atoms with Gasteiger partial charge in [-0.05, 0) is 56.5 Å². The number of carbonyl (C=O) groups excluding carboxylic acids is 2. The van der Waals surface area contributed by atoms with Crippen LogP contribution in [0.15, 0.2) is 36.5 Å². The zero-order chi connectivity index (χ0) is 18.4. The maximum Gasteiger partial charge on any atom is 0.336 e. The molecule has 1 aromatic heterocycles. The molecule has 7 heteroatoms. The number of thiazole rings is 1. The van der Waals surface area contributed by atoms with Crippen molar-refractivity contribution in [1.82, 2.24) is 10.3 Å². The summed E-state index contributed by atoms with van der Waals surface area (Å²) in [6.45, 7) is 2.60. The zero-order valence-corrected chi connectivity index (χ0v) is 15.3. The first-order valence-corrected chi connectivity index (χ1v) is 9.28. The Balaban J connectivity index is 1.54. The fourth-order valence-corrected chi connectivity index (χ4v) is 3.22. The van der Waals surface area contributed by atoms with Gasteiger partial charge in [0.25, 0.3) is 5.91 Å². The average Bonchev–Trinajstić information content (AvgIpc) is 2.94. The van der Waals surface area contributed by atoms with Crippen LogP contribution < -0.4 is 14.8 Å². The largest absolute Gasteiger partial charge is 0.481 e. The molecule has 0 spiro atoms. The molecule has 136 valence electrons.